The maximum atomic E-state index is 8.86. The van der Waals surface area contributed by atoms with E-state index in [4.69, 9.17) is 10.00 Å². The van der Waals surface area contributed by atoms with Crippen molar-refractivity contribution in [1.82, 2.24) is 20.2 Å². The number of hydrogen-bond acceptors (Lipinski definition) is 5. The van der Waals surface area contributed by atoms with E-state index in [9.17, 15) is 0 Å². The van der Waals surface area contributed by atoms with Gasteiger partial charge in [-0.25, -0.2) is 0 Å². The Morgan fingerprint density at radius 3 is 3.00 bits per heavy atom. The molecule has 0 fully saturated rings. The Balaban J connectivity index is 2.12. The van der Waals surface area contributed by atoms with Crippen molar-refractivity contribution in [2.45, 2.75) is 6.61 Å². The maximum Gasteiger partial charge on any atom is 0.212 e. The summed E-state index contributed by atoms with van der Waals surface area (Å²) in [7, 11) is 1.68. The first-order valence-corrected chi connectivity index (χ1v) is 5.54. The molecule has 0 spiro atoms. The number of ether oxygens (including phenoxy) is 1. The van der Waals surface area contributed by atoms with Crippen molar-refractivity contribution >= 4 is 15.9 Å². The van der Waals surface area contributed by atoms with E-state index in [1.54, 1.807) is 25.2 Å². The molecule has 0 aliphatic rings. The van der Waals surface area contributed by atoms with Crippen LogP contribution in [-0.2, 0) is 13.7 Å². The number of nitrogens with zero attached hydrogens (tertiary/aromatic N) is 5. The lowest BCUT2D eigenvalue weighted by Gasteiger charge is -2.06. The molecule has 2 rings (SSSR count). The maximum absolute atomic E-state index is 8.86. The molecule has 0 aliphatic carbocycles. The van der Waals surface area contributed by atoms with Crippen molar-refractivity contribution in [3.63, 3.8) is 0 Å². The average Bonchev–Trinajstić information content (AvgIpc) is 2.74. The van der Waals surface area contributed by atoms with Crippen molar-refractivity contribution in [1.29, 1.82) is 5.26 Å². The summed E-state index contributed by atoms with van der Waals surface area (Å²) in [4.78, 5) is 1.36. The largest absolute Gasteiger partial charge is 0.484 e. The van der Waals surface area contributed by atoms with Crippen LogP contribution in [0.3, 0.4) is 0 Å². The lowest BCUT2D eigenvalue weighted by Crippen LogP contribution is -2.00. The first-order chi connectivity index (χ1) is 8.20. The summed E-state index contributed by atoms with van der Waals surface area (Å²) in [5.74, 6) is 1.07. The fourth-order valence-corrected chi connectivity index (χ4v) is 1.70. The third kappa shape index (κ3) is 2.60. The summed E-state index contributed by atoms with van der Waals surface area (Å²) in [6.45, 7) is 0.210. The molecule has 0 N–H and O–H groups in total. The molecule has 17 heavy (non-hydrogen) atoms. The van der Waals surface area contributed by atoms with E-state index in [2.05, 4.69) is 37.4 Å². The summed E-state index contributed by atoms with van der Waals surface area (Å²) in [5.41, 5.74) is 0.523. The van der Waals surface area contributed by atoms with Gasteiger partial charge in [-0.15, -0.1) is 10.2 Å². The number of nitriles is 1. The second-order valence-electron chi connectivity index (χ2n) is 3.21. The Kier molecular flexibility index (Phi) is 3.35. The van der Waals surface area contributed by atoms with Gasteiger partial charge in [0.1, 0.15) is 11.8 Å². The molecular weight excluding hydrogens is 286 g/mol. The topological polar surface area (TPSA) is 76.6 Å². The van der Waals surface area contributed by atoms with Crippen LogP contribution < -0.4 is 4.74 Å². The minimum Gasteiger partial charge on any atom is -0.484 e. The second-order valence-corrected chi connectivity index (χ2v) is 4.01. The third-order valence-corrected chi connectivity index (χ3v) is 2.81. The molecule has 0 bridgehead atoms. The smallest absolute Gasteiger partial charge is 0.212 e. The molecule has 1 aromatic heterocycles. The number of rotatable bonds is 3. The highest BCUT2D eigenvalue weighted by Crippen LogP contribution is 2.28. The van der Waals surface area contributed by atoms with Crippen molar-refractivity contribution in [2.75, 3.05) is 0 Å². The van der Waals surface area contributed by atoms with Crippen LogP contribution in [0.5, 0.6) is 5.75 Å². The second kappa shape index (κ2) is 4.93. The zero-order chi connectivity index (χ0) is 12.3. The fraction of sp³-hybridized carbons (Fsp3) is 0.200. The lowest BCUT2D eigenvalue weighted by molar-refractivity contribution is 0.293. The Labute approximate surface area is 106 Å². The van der Waals surface area contributed by atoms with Crippen LogP contribution in [0.2, 0.25) is 0 Å². The molecule has 1 heterocycles. The Morgan fingerprint density at radius 2 is 2.35 bits per heavy atom. The summed E-state index contributed by atoms with van der Waals surface area (Å²) in [5, 5.41) is 20.3. The van der Waals surface area contributed by atoms with Gasteiger partial charge < -0.3 is 4.74 Å². The highest BCUT2D eigenvalue weighted by Gasteiger charge is 2.08. The number of tetrazole rings is 1. The van der Waals surface area contributed by atoms with Crippen LogP contribution in [-0.4, -0.2) is 20.2 Å². The van der Waals surface area contributed by atoms with Crippen LogP contribution >= 0.6 is 15.9 Å². The Bertz CT molecular complexity index is 574. The predicted molar refractivity (Wildman–Crippen MR) is 62.0 cm³/mol. The molecule has 86 valence electrons. The van der Waals surface area contributed by atoms with E-state index in [1.165, 1.54) is 4.80 Å². The van der Waals surface area contributed by atoms with Gasteiger partial charge in [0.2, 0.25) is 5.82 Å². The highest BCUT2D eigenvalue weighted by atomic mass is 79.9. The van der Waals surface area contributed by atoms with Crippen LogP contribution in [0.15, 0.2) is 22.7 Å². The molecule has 0 aliphatic heterocycles. The molecule has 0 saturated heterocycles. The van der Waals surface area contributed by atoms with Gasteiger partial charge in [-0.1, -0.05) is 6.07 Å². The van der Waals surface area contributed by atoms with E-state index < -0.39 is 0 Å². The van der Waals surface area contributed by atoms with Crippen LogP contribution in [0.4, 0.5) is 0 Å². The van der Waals surface area contributed by atoms with Gasteiger partial charge in [-0.05, 0) is 33.3 Å². The van der Waals surface area contributed by atoms with Gasteiger partial charge in [0.05, 0.1) is 17.1 Å². The molecule has 0 amide bonds. The van der Waals surface area contributed by atoms with Gasteiger partial charge in [0.25, 0.3) is 0 Å². The van der Waals surface area contributed by atoms with Gasteiger partial charge in [-0.2, -0.15) is 10.1 Å². The molecule has 7 heteroatoms. The number of aryl methyl sites for hydroxylation is 1. The lowest BCUT2D eigenvalue weighted by atomic mass is 10.2. The standard InChI is InChI=1S/C10H8BrN5O/c1-16-14-9(13-15-16)6-17-8-4-2-3-7(5-12)10(8)11/h2-4H,6H2,1H3. The monoisotopic (exact) mass is 293 g/mol. The minimum atomic E-state index is 0.210. The molecule has 0 radical (unpaired) electrons. The molecule has 2 aromatic rings. The van der Waals surface area contributed by atoms with Gasteiger partial charge in [-0.3, -0.25) is 0 Å². The van der Waals surface area contributed by atoms with Crippen LogP contribution in [0.25, 0.3) is 0 Å². The molecule has 0 atom stereocenters. The van der Waals surface area contributed by atoms with E-state index in [0.717, 1.165) is 0 Å². The molecule has 0 unspecified atom stereocenters. The first-order valence-electron chi connectivity index (χ1n) is 4.75. The summed E-state index contributed by atoms with van der Waals surface area (Å²) < 4.78 is 6.13. The zero-order valence-electron chi connectivity index (χ0n) is 8.96. The summed E-state index contributed by atoms with van der Waals surface area (Å²) in [6.07, 6.45) is 0. The Morgan fingerprint density at radius 1 is 1.53 bits per heavy atom. The molecule has 1 aromatic carbocycles. The van der Waals surface area contributed by atoms with Crippen molar-refractivity contribution in [3.8, 4) is 11.8 Å². The number of aromatic nitrogens is 4. The van der Waals surface area contributed by atoms with E-state index in [0.29, 0.717) is 21.6 Å². The van der Waals surface area contributed by atoms with E-state index >= 15 is 0 Å². The van der Waals surface area contributed by atoms with Gasteiger partial charge in [0, 0.05) is 0 Å². The first kappa shape index (κ1) is 11.5. The molecule has 0 saturated carbocycles. The number of halogens is 1. The SMILES string of the molecule is Cn1nnc(COc2cccc(C#N)c2Br)n1. The summed E-state index contributed by atoms with van der Waals surface area (Å²) >= 11 is 3.31. The summed E-state index contributed by atoms with van der Waals surface area (Å²) in [6, 6.07) is 7.29. The predicted octanol–water partition coefficient (Wildman–Crippen LogP) is 1.42. The van der Waals surface area contributed by atoms with Gasteiger partial charge >= 0.3 is 0 Å². The highest BCUT2D eigenvalue weighted by molar-refractivity contribution is 9.10. The average molecular weight is 294 g/mol. The molecule has 6 nitrogen and oxygen atoms in total. The third-order valence-electron chi connectivity index (χ3n) is 1.99. The number of benzene rings is 1. The quantitative estimate of drug-likeness (QED) is 0.855. The normalized spacial score (nSPS) is 9.94. The van der Waals surface area contributed by atoms with E-state index in [-0.39, 0.29) is 6.61 Å². The van der Waals surface area contributed by atoms with Crippen LogP contribution in [0.1, 0.15) is 11.4 Å². The fourth-order valence-electron chi connectivity index (χ4n) is 1.23. The van der Waals surface area contributed by atoms with Gasteiger partial charge in [0.15, 0.2) is 6.61 Å². The Hall–Kier alpha value is -1.94. The number of hydrogen-bond donors (Lipinski definition) is 0. The van der Waals surface area contributed by atoms with Crippen molar-refractivity contribution in [2.24, 2.45) is 7.05 Å². The minimum absolute atomic E-state index is 0.210. The zero-order valence-corrected chi connectivity index (χ0v) is 10.5. The van der Waals surface area contributed by atoms with Crippen molar-refractivity contribution in [3.05, 3.63) is 34.1 Å². The van der Waals surface area contributed by atoms with Crippen molar-refractivity contribution < 1.29 is 4.74 Å². The molecular formula is C10H8BrN5O. The van der Waals surface area contributed by atoms with Crippen LogP contribution in [0, 0.1) is 11.3 Å². The van der Waals surface area contributed by atoms with E-state index in [1.807, 2.05) is 0 Å².